The van der Waals surface area contributed by atoms with Crippen molar-refractivity contribution in [1.82, 2.24) is 14.8 Å². The van der Waals surface area contributed by atoms with Crippen LogP contribution >= 0.6 is 0 Å². The SMILES string of the molecule is Cc1c([C@H]2c3ccccc3C(=O)N2CC(=O)NCCC(C)C)c2ccccc2n1C. The van der Waals surface area contributed by atoms with Crippen molar-refractivity contribution in [3.05, 3.63) is 70.9 Å². The number of hydrogen-bond donors (Lipinski definition) is 1. The number of benzene rings is 2. The van der Waals surface area contributed by atoms with E-state index in [1.807, 2.05) is 43.4 Å². The first-order chi connectivity index (χ1) is 14.4. The van der Waals surface area contributed by atoms with Gasteiger partial charge in [0.25, 0.3) is 5.91 Å². The van der Waals surface area contributed by atoms with Crippen LogP contribution in [0.1, 0.15) is 53.5 Å². The molecule has 1 atom stereocenters. The van der Waals surface area contributed by atoms with E-state index in [9.17, 15) is 9.59 Å². The molecule has 5 heteroatoms. The first-order valence-corrected chi connectivity index (χ1v) is 10.6. The van der Waals surface area contributed by atoms with Gasteiger partial charge in [0.15, 0.2) is 0 Å². The minimum atomic E-state index is -0.268. The molecule has 0 unspecified atom stereocenters. The molecule has 0 bridgehead atoms. The van der Waals surface area contributed by atoms with E-state index in [0.29, 0.717) is 18.0 Å². The van der Waals surface area contributed by atoms with E-state index in [2.05, 4.69) is 42.8 Å². The van der Waals surface area contributed by atoms with Gasteiger partial charge in [0, 0.05) is 41.3 Å². The molecule has 1 aliphatic heterocycles. The van der Waals surface area contributed by atoms with Crippen molar-refractivity contribution >= 4 is 22.7 Å². The molecule has 156 valence electrons. The van der Waals surface area contributed by atoms with E-state index in [4.69, 9.17) is 0 Å². The zero-order valence-corrected chi connectivity index (χ0v) is 18.1. The van der Waals surface area contributed by atoms with Crippen LogP contribution in [0.3, 0.4) is 0 Å². The van der Waals surface area contributed by atoms with Gasteiger partial charge in [-0.1, -0.05) is 50.2 Å². The Balaban J connectivity index is 1.75. The fourth-order valence-electron chi connectivity index (χ4n) is 4.45. The maximum Gasteiger partial charge on any atom is 0.255 e. The molecule has 0 saturated heterocycles. The fraction of sp³-hybridized carbons (Fsp3) is 0.360. The molecule has 2 heterocycles. The van der Waals surface area contributed by atoms with Crippen LogP contribution in [0.15, 0.2) is 48.5 Å². The Hall–Kier alpha value is -3.08. The summed E-state index contributed by atoms with van der Waals surface area (Å²) >= 11 is 0. The van der Waals surface area contributed by atoms with Gasteiger partial charge in [-0.2, -0.15) is 0 Å². The van der Waals surface area contributed by atoms with Crippen molar-refractivity contribution in [3.8, 4) is 0 Å². The van der Waals surface area contributed by atoms with Gasteiger partial charge >= 0.3 is 0 Å². The summed E-state index contributed by atoms with van der Waals surface area (Å²) in [6, 6.07) is 15.7. The summed E-state index contributed by atoms with van der Waals surface area (Å²) in [7, 11) is 2.05. The van der Waals surface area contributed by atoms with Crippen LogP contribution in [-0.4, -0.2) is 34.4 Å². The normalized spacial score (nSPS) is 15.8. The van der Waals surface area contributed by atoms with Crippen LogP contribution in [0.5, 0.6) is 0 Å². The summed E-state index contributed by atoms with van der Waals surface area (Å²) in [6.45, 7) is 7.03. The third-order valence-corrected chi connectivity index (χ3v) is 6.14. The molecular weight excluding hydrogens is 374 g/mol. The summed E-state index contributed by atoms with van der Waals surface area (Å²) < 4.78 is 2.16. The van der Waals surface area contributed by atoms with Crippen LogP contribution in [0.25, 0.3) is 10.9 Å². The molecule has 1 aromatic heterocycles. The Morgan fingerprint density at radius 3 is 2.57 bits per heavy atom. The number of para-hydroxylation sites is 1. The lowest BCUT2D eigenvalue weighted by molar-refractivity contribution is -0.122. The largest absolute Gasteiger partial charge is 0.355 e. The van der Waals surface area contributed by atoms with Gasteiger partial charge in [0.2, 0.25) is 5.91 Å². The first-order valence-electron chi connectivity index (χ1n) is 10.6. The van der Waals surface area contributed by atoms with Crippen LogP contribution in [0.2, 0.25) is 0 Å². The standard InChI is InChI=1S/C25H29N3O2/c1-16(2)13-14-26-22(29)15-28-24(18-9-5-6-10-19(18)25(28)30)23-17(3)27(4)21-12-8-7-11-20(21)23/h5-12,16,24H,13-15H2,1-4H3,(H,26,29)/t24-/m1/s1. The Morgan fingerprint density at radius 1 is 1.10 bits per heavy atom. The van der Waals surface area contributed by atoms with E-state index in [1.54, 1.807) is 4.90 Å². The number of rotatable bonds is 6. The predicted octanol–water partition coefficient (Wildman–Crippen LogP) is 4.19. The minimum Gasteiger partial charge on any atom is -0.355 e. The van der Waals surface area contributed by atoms with Crippen molar-refractivity contribution in [1.29, 1.82) is 0 Å². The molecule has 0 aliphatic carbocycles. The minimum absolute atomic E-state index is 0.0545. The highest BCUT2D eigenvalue weighted by molar-refractivity contribution is 6.02. The van der Waals surface area contributed by atoms with Gasteiger partial charge < -0.3 is 14.8 Å². The molecule has 1 N–H and O–H groups in total. The molecule has 0 spiro atoms. The van der Waals surface area contributed by atoms with Gasteiger partial charge in [-0.3, -0.25) is 9.59 Å². The second kappa shape index (κ2) is 7.98. The Bertz CT molecular complexity index is 1110. The van der Waals surface area contributed by atoms with E-state index >= 15 is 0 Å². The molecule has 5 nitrogen and oxygen atoms in total. The third kappa shape index (κ3) is 3.38. The number of fused-ring (bicyclic) bond motifs is 2. The first kappa shape index (κ1) is 20.2. The van der Waals surface area contributed by atoms with E-state index in [0.717, 1.165) is 34.1 Å². The van der Waals surface area contributed by atoms with Crippen LogP contribution < -0.4 is 5.32 Å². The van der Waals surface area contributed by atoms with E-state index < -0.39 is 0 Å². The molecule has 0 fully saturated rings. The Labute approximate surface area is 177 Å². The third-order valence-electron chi connectivity index (χ3n) is 6.14. The van der Waals surface area contributed by atoms with Crippen LogP contribution in [-0.2, 0) is 11.8 Å². The average Bonchev–Trinajstić information content (AvgIpc) is 3.13. The van der Waals surface area contributed by atoms with Crippen molar-refractivity contribution in [2.24, 2.45) is 13.0 Å². The lowest BCUT2D eigenvalue weighted by Gasteiger charge is -2.26. The Morgan fingerprint density at radius 2 is 1.80 bits per heavy atom. The molecule has 0 saturated carbocycles. The zero-order chi connectivity index (χ0) is 21.4. The van der Waals surface area contributed by atoms with Gasteiger partial charge in [0.1, 0.15) is 6.54 Å². The highest BCUT2D eigenvalue weighted by Gasteiger charge is 2.40. The number of carbonyl (C=O) groups is 2. The average molecular weight is 404 g/mol. The smallest absolute Gasteiger partial charge is 0.255 e. The molecule has 4 rings (SSSR count). The van der Waals surface area contributed by atoms with Gasteiger partial charge in [-0.05, 0) is 37.0 Å². The summed E-state index contributed by atoms with van der Waals surface area (Å²) in [5, 5.41) is 4.10. The zero-order valence-electron chi connectivity index (χ0n) is 18.1. The fourth-order valence-corrected chi connectivity index (χ4v) is 4.45. The summed E-state index contributed by atoms with van der Waals surface area (Å²) in [5.41, 5.74) is 4.99. The topological polar surface area (TPSA) is 54.3 Å². The van der Waals surface area contributed by atoms with Gasteiger partial charge in [-0.15, -0.1) is 0 Å². The molecule has 3 aromatic rings. The number of aryl methyl sites for hydroxylation is 1. The number of nitrogens with zero attached hydrogens (tertiary/aromatic N) is 2. The molecule has 2 amide bonds. The van der Waals surface area contributed by atoms with E-state index in [1.165, 1.54) is 0 Å². The van der Waals surface area contributed by atoms with Crippen molar-refractivity contribution in [2.45, 2.75) is 33.2 Å². The van der Waals surface area contributed by atoms with Crippen LogP contribution in [0.4, 0.5) is 0 Å². The van der Waals surface area contributed by atoms with Crippen molar-refractivity contribution in [3.63, 3.8) is 0 Å². The predicted molar refractivity (Wildman–Crippen MR) is 119 cm³/mol. The molecule has 2 aromatic carbocycles. The summed E-state index contributed by atoms with van der Waals surface area (Å²) in [6.07, 6.45) is 0.922. The van der Waals surface area contributed by atoms with Crippen molar-refractivity contribution in [2.75, 3.05) is 13.1 Å². The monoisotopic (exact) mass is 403 g/mol. The van der Waals surface area contributed by atoms with Gasteiger partial charge in [-0.25, -0.2) is 0 Å². The lowest BCUT2D eigenvalue weighted by Crippen LogP contribution is -2.40. The van der Waals surface area contributed by atoms with Crippen molar-refractivity contribution < 1.29 is 9.59 Å². The number of nitrogens with one attached hydrogen (secondary N) is 1. The summed E-state index contributed by atoms with van der Waals surface area (Å²) in [4.78, 5) is 27.7. The molecule has 1 aliphatic rings. The second-order valence-corrected chi connectivity index (χ2v) is 8.53. The lowest BCUT2D eigenvalue weighted by atomic mass is 9.95. The Kier molecular flexibility index (Phi) is 5.37. The summed E-state index contributed by atoms with van der Waals surface area (Å²) in [5.74, 6) is 0.329. The maximum atomic E-state index is 13.3. The number of carbonyl (C=O) groups excluding carboxylic acids is 2. The maximum absolute atomic E-state index is 13.3. The van der Waals surface area contributed by atoms with E-state index in [-0.39, 0.29) is 24.4 Å². The molecular formula is C25H29N3O2. The quantitative estimate of drug-likeness (QED) is 0.671. The number of amides is 2. The van der Waals surface area contributed by atoms with Crippen LogP contribution in [0, 0.1) is 12.8 Å². The number of aromatic nitrogens is 1. The highest BCUT2D eigenvalue weighted by Crippen LogP contribution is 2.43. The van der Waals surface area contributed by atoms with Gasteiger partial charge in [0.05, 0.1) is 6.04 Å². The molecule has 0 radical (unpaired) electrons. The second-order valence-electron chi connectivity index (χ2n) is 8.53. The number of hydrogen-bond acceptors (Lipinski definition) is 2. The highest BCUT2D eigenvalue weighted by atomic mass is 16.2. The molecule has 30 heavy (non-hydrogen) atoms.